The van der Waals surface area contributed by atoms with E-state index in [-0.39, 0.29) is 0 Å². The molecule has 0 N–H and O–H groups in total. The molecular formula is C62H42N4. The summed E-state index contributed by atoms with van der Waals surface area (Å²) in [4.78, 5) is 21.0. The van der Waals surface area contributed by atoms with Gasteiger partial charge in [-0.2, -0.15) is 0 Å². The van der Waals surface area contributed by atoms with Crippen molar-refractivity contribution < 1.29 is 0 Å². The first-order valence-electron chi connectivity index (χ1n) is 22.2. The molecule has 0 saturated carbocycles. The zero-order chi connectivity index (χ0) is 44.1. The van der Waals surface area contributed by atoms with Gasteiger partial charge in [0.05, 0.1) is 11.4 Å². The fourth-order valence-electron chi connectivity index (χ4n) is 8.81. The molecule has 0 bridgehead atoms. The average molecular weight is 843 g/mol. The van der Waals surface area contributed by atoms with Crippen LogP contribution in [0.1, 0.15) is 0 Å². The number of hydrogen-bond acceptors (Lipinski definition) is 4. The molecule has 4 nitrogen and oxygen atoms in total. The Morgan fingerprint density at radius 3 is 1.05 bits per heavy atom. The van der Waals surface area contributed by atoms with Gasteiger partial charge in [-0.25, -0.2) is 19.9 Å². The molecule has 0 amide bonds. The van der Waals surface area contributed by atoms with E-state index in [1.54, 1.807) is 0 Å². The Hall–Kier alpha value is -8.86. The second kappa shape index (κ2) is 18.1. The minimum absolute atomic E-state index is 0.610. The van der Waals surface area contributed by atoms with Crippen LogP contribution in [0.5, 0.6) is 0 Å². The summed E-state index contributed by atoms with van der Waals surface area (Å²) in [5.41, 5.74) is 17.7. The van der Waals surface area contributed by atoms with Crippen molar-refractivity contribution in [2.75, 3.05) is 0 Å². The van der Waals surface area contributed by atoms with E-state index >= 15 is 0 Å². The lowest BCUT2D eigenvalue weighted by atomic mass is 9.83. The van der Waals surface area contributed by atoms with Crippen molar-refractivity contribution in [2.24, 2.45) is 0 Å². The van der Waals surface area contributed by atoms with Crippen molar-refractivity contribution in [2.45, 2.75) is 0 Å². The molecule has 0 atom stereocenters. The Balaban J connectivity index is 1.07. The summed E-state index contributed by atoms with van der Waals surface area (Å²) in [5.74, 6) is 1.86. The number of nitrogens with zero attached hydrogens (tertiary/aromatic N) is 4. The molecule has 2 heterocycles. The number of aromatic nitrogens is 4. The summed E-state index contributed by atoms with van der Waals surface area (Å²) in [5, 5.41) is 0. The third-order valence-corrected chi connectivity index (χ3v) is 12.0. The SMILES string of the molecule is c1ccc(-c2nc(-c3cccc(-c4ccc(-c5c(-c6ccccc6)c(-c6ccccc6)nc(-c6ccccc6)c5-c5ccccc5)cc4)c3)nc(-c3ccccc3-c3ccccc3)n2)cc1. The maximum atomic E-state index is 5.61. The molecule has 0 aliphatic carbocycles. The summed E-state index contributed by atoms with van der Waals surface area (Å²) in [6.45, 7) is 0. The molecule has 9 aromatic carbocycles. The number of benzene rings is 9. The van der Waals surface area contributed by atoms with E-state index in [0.29, 0.717) is 17.5 Å². The zero-order valence-electron chi connectivity index (χ0n) is 36.0. The van der Waals surface area contributed by atoms with E-state index in [4.69, 9.17) is 19.9 Å². The first kappa shape index (κ1) is 40.0. The third-order valence-electron chi connectivity index (χ3n) is 12.0. The molecule has 0 spiro atoms. The Bertz CT molecular complexity index is 3310. The van der Waals surface area contributed by atoms with Gasteiger partial charge < -0.3 is 0 Å². The smallest absolute Gasteiger partial charge is 0.164 e. The van der Waals surface area contributed by atoms with Crippen LogP contribution in [0.25, 0.3) is 112 Å². The van der Waals surface area contributed by atoms with Gasteiger partial charge in [0.25, 0.3) is 0 Å². The van der Waals surface area contributed by atoms with E-state index < -0.39 is 0 Å². The van der Waals surface area contributed by atoms with Gasteiger partial charge >= 0.3 is 0 Å². The van der Waals surface area contributed by atoms with Gasteiger partial charge in [-0.1, -0.05) is 249 Å². The third kappa shape index (κ3) is 8.00. The highest BCUT2D eigenvalue weighted by atomic mass is 15.0. The molecule has 0 fully saturated rings. The maximum Gasteiger partial charge on any atom is 0.164 e. The molecule has 2 aromatic heterocycles. The fraction of sp³-hybridized carbons (Fsp3) is 0. The Kier molecular flexibility index (Phi) is 10.9. The summed E-state index contributed by atoms with van der Waals surface area (Å²) in [6.07, 6.45) is 0. The lowest BCUT2D eigenvalue weighted by molar-refractivity contribution is 1.07. The topological polar surface area (TPSA) is 51.6 Å². The molecule has 0 aliphatic heterocycles. The molecule has 0 saturated heterocycles. The van der Waals surface area contributed by atoms with Crippen molar-refractivity contribution in [1.82, 2.24) is 19.9 Å². The van der Waals surface area contributed by atoms with Crippen LogP contribution in [0.2, 0.25) is 0 Å². The Labute approximate surface area is 385 Å². The van der Waals surface area contributed by atoms with Crippen LogP contribution in [-0.4, -0.2) is 19.9 Å². The monoisotopic (exact) mass is 842 g/mol. The van der Waals surface area contributed by atoms with E-state index in [1.807, 2.05) is 42.5 Å². The van der Waals surface area contributed by atoms with Crippen molar-refractivity contribution in [3.05, 3.63) is 255 Å². The predicted octanol–water partition coefficient (Wildman–Crippen LogP) is 15.9. The Morgan fingerprint density at radius 1 is 0.182 bits per heavy atom. The second-order valence-corrected chi connectivity index (χ2v) is 16.1. The van der Waals surface area contributed by atoms with Gasteiger partial charge in [-0.05, 0) is 45.0 Å². The highest BCUT2D eigenvalue weighted by Crippen LogP contribution is 2.49. The normalized spacial score (nSPS) is 11.0. The van der Waals surface area contributed by atoms with Crippen LogP contribution < -0.4 is 0 Å². The molecule has 0 unspecified atom stereocenters. The predicted molar refractivity (Wildman–Crippen MR) is 272 cm³/mol. The van der Waals surface area contributed by atoms with Crippen LogP contribution in [0.4, 0.5) is 0 Å². The maximum absolute atomic E-state index is 5.61. The van der Waals surface area contributed by atoms with Gasteiger partial charge in [-0.15, -0.1) is 0 Å². The number of hydrogen-bond donors (Lipinski definition) is 0. The molecule has 11 rings (SSSR count). The van der Waals surface area contributed by atoms with E-state index in [2.05, 4.69) is 212 Å². The van der Waals surface area contributed by atoms with Gasteiger partial charge in [0, 0.05) is 44.5 Å². The van der Waals surface area contributed by atoms with Crippen molar-refractivity contribution in [1.29, 1.82) is 0 Å². The first-order chi connectivity index (χ1) is 32.7. The highest BCUT2D eigenvalue weighted by Gasteiger charge is 2.25. The van der Waals surface area contributed by atoms with Gasteiger partial charge in [0.15, 0.2) is 17.5 Å². The minimum atomic E-state index is 0.610. The molecule has 310 valence electrons. The summed E-state index contributed by atoms with van der Waals surface area (Å²) >= 11 is 0. The van der Waals surface area contributed by atoms with Gasteiger partial charge in [0.2, 0.25) is 0 Å². The second-order valence-electron chi connectivity index (χ2n) is 16.1. The van der Waals surface area contributed by atoms with Crippen molar-refractivity contribution >= 4 is 0 Å². The standard InChI is InChI=1S/C62H42N4/c1-7-22-44(23-8-1)53-36-19-20-37-54(53)62-65-60(50-32-17-6-18-33-50)64-61(66-62)52-35-21-34-51(42-52)43-38-40-47(41-39-43)55-56(45-24-9-2-10-25-45)58(48-28-13-4-14-29-48)63-59(49-30-15-5-16-31-49)57(55)46-26-11-3-12-27-46/h1-42H. The molecule has 11 aromatic rings. The summed E-state index contributed by atoms with van der Waals surface area (Å²) in [6, 6.07) is 88.8. The van der Waals surface area contributed by atoms with Crippen LogP contribution in [0.15, 0.2) is 255 Å². The molecular weight excluding hydrogens is 801 g/mol. The zero-order valence-corrected chi connectivity index (χ0v) is 36.0. The summed E-state index contributed by atoms with van der Waals surface area (Å²) < 4.78 is 0. The van der Waals surface area contributed by atoms with Crippen molar-refractivity contribution in [3.63, 3.8) is 0 Å². The van der Waals surface area contributed by atoms with Crippen LogP contribution >= 0.6 is 0 Å². The van der Waals surface area contributed by atoms with Crippen LogP contribution in [-0.2, 0) is 0 Å². The quantitative estimate of drug-likeness (QED) is 0.138. The average Bonchev–Trinajstić information content (AvgIpc) is 3.41. The van der Waals surface area contributed by atoms with Gasteiger partial charge in [-0.3, -0.25) is 0 Å². The lowest BCUT2D eigenvalue weighted by Gasteiger charge is -2.23. The molecule has 0 radical (unpaired) electrons. The Morgan fingerprint density at radius 2 is 0.530 bits per heavy atom. The van der Waals surface area contributed by atoms with E-state index in [0.717, 1.165) is 94.8 Å². The van der Waals surface area contributed by atoms with Gasteiger partial charge in [0.1, 0.15) is 0 Å². The first-order valence-corrected chi connectivity index (χ1v) is 22.2. The minimum Gasteiger partial charge on any atom is -0.246 e. The molecule has 4 heteroatoms. The van der Waals surface area contributed by atoms with E-state index in [9.17, 15) is 0 Å². The fourth-order valence-corrected chi connectivity index (χ4v) is 8.81. The number of rotatable bonds is 10. The van der Waals surface area contributed by atoms with E-state index in [1.165, 1.54) is 0 Å². The highest BCUT2D eigenvalue weighted by molar-refractivity contribution is 6.05. The largest absolute Gasteiger partial charge is 0.246 e. The lowest BCUT2D eigenvalue weighted by Crippen LogP contribution is -2.01. The van der Waals surface area contributed by atoms with Crippen molar-refractivity contribution in [3.8, 4) is 112 Å². The van der Waals surface area contributed by atoms with Crippen LogP contribution in [0.3, 0.4) is 0 Å². The molecule has 0 aliphatic rings. The molecule has 66 heavy (non-hydrogen) atoms. The summed E-state index contributed by atoms with van der Waals surface area (Å²) in [7, 11) is 0. The number of pyridine rings is 1. The van der Waals surface area contributed by atoms with Crippen LogP contribution in [0, 0.1) is 0 Å².